The van der Waals surface area contributed by atoms with Crippen molar-refractivity contribution in [3.05, 3.63) is 29.3 Å². The molecule has 0 spiro atoms. The van der Waals surface area contributed by atoms with Gasteiger partial charge in [-0.2, -0.15) is 0 Å². The monoisotopic (exact) mass is 203 g/mol. The third-order valence-corrected chi connectivity index (χ3v) is 1.88. The Morgan fingerprint density at radius 2 is 2.00 bits per heavy atom. The fraction of sp³-hybridized carbons (Fsp3) is 0.333. The minimum Gasteiger partial charge on any atom is -0.505 e. The lowest BCUT2D eigenvalue weighted by atomic mass is 10.0. The molecule has 14 heavy (non-hydrogen) atoms. The van der Waals surface area contributed by atoms with Crippen molar-refractivity contribution in [3.63, 3.8) is 0 Å². The molecule has 0 aliphatic rings. The second kappa shape index (κ2) is 4.34. The van der Waals surface area contributed by atoms with Gasteiger partial charge in [0, 0.05) is 0 Å². The summed E-state index contributed by atoms with van der Waals surface area (Å²) in [6.07, 6.45) is -1.29. The number of halogens is 2. The molecule has 1 rings (SSSR count). The van der Waals surface area contributed by atoms with Gasteiger partial charge < -0.3 is 15.9 Å². The predicted molar refractivity (Wildman–Crippen MR) is 46.7 cm³/mol. The molecule has 1 aromatic carbocycles. The van der Waals surface area contributed by atoms with Gasteiger partial charge in [-0.1, -0.05) is 0 Å². The molecule has 3 nitrogen and oxygen atoms in total. The summed E-state index contributed by atoms with van der Waals surface area (Å²) in [5, 5.41) is 18.3. The van der Waals surface area contributed by atoms with Crippen LogP contribution in [0.4, 0.5) is 8.78 Å². The lowest BCUT2D eigenvalue weighted by molar-refractivity contribution is 0.159. The van der Waals surface area contributed by atoms with E-state index < -0.39 is 29.1 Å². The maximum absolute atomic E-state index is 13.1. The lowest BCUT2D eigenvalue weighted by Crippen LogP contribution is -2.10. The minimum atomic E-state index is -1.33. The van der Waals surface area contributed by atoms with E-state index in [1.165, 1.54) is 0 Å². The normalized spacial score (nSPS) is 12.9. The summed E-state index contributed by atoms with van der Waals surface area (Å²) in [6.45, 7) is 0.107. The summed E-state index contributed by atoms with van der Waals surface area (Å²) in [6, 6.07) is 1.79. The third-order valence-electron chi connectivity index (χ3n) is 1.88. The largest absolute Gasteiger partial charge is 0.505 e. The fourth-order valence-electron chi connectivity index (χ4n) is 1.17. The first-order valence-corrected chi connectivity index (χ1v) is 4.13. The first-order valence-electron chi connectivity index (χ1n) is 4.13. The molecular formula is C9H11F2NO2. The Bertz CT molecular complexity index is 331. The molecule has 0 aromatic heterocycles. The van der Waals surface area contributed by atoms with Crippen LogP contribution in [0.3, 0.4) is 0 Å². The summed E-state index contributed by atoms with van der Waals surface area (Å²) < 4.78 is 26.2. The second-order valence-electron chi connectivity index (χ2n) is 2.89. The maximum Gasteiger partial charge on any atom is 0.173 e. The molecular weight excluding hydrogens is 192 g/mol. The van der Waals surface area contributed by atoms with Crippen molar-refractivity contribution in [3.8, 4) is 5.75 Å². The van der Waals surface area contributed by atoms with Crippen molar-refractivity contribution >= 4 is 0 Å². The molecule has 0 aliphatic heterocycles. The highest BCUT2D eigenvalue weighted by atomic mass is 19.1. The van der Waals surface area contributed by atoms with Crippen LogP contribution in [0.2, 0.25) is 0 Å². The van der Waals surface area contributed by atoms with Gasteiger partial charge in [0.05, 0.1) is 11.7 Å². The highest BCUT2D eigenvalue weighted by molar-refractivity contribution is 5.32. The van der Waals surface area contributed by atoms with Gasteiger partial charge in [0.2, 0.25) is 0 Å². The van der Waals surface area contributed by atoms with Crippen LogP contribution in [-0.2, 0) is 0 Å². The van der Waals surface area contributed by atoms with Gasteiger partial charge in [0.1, 0.15) is 5.82 Å². The zero-order valence-electron chi connectivity index (χ0n) is 7.37. The van der Waals surface area contributed by atoms with Gasteiger partial charge in [0.15, 0.2) is 11.6 Å². The van der Waals surface area contributed by atoms with Gasteiger partial charge in [-0.15, -0.1) is 0 Å². The quantitative estimate of drug-likeness (QED) is 0.688. The number of phenolic OH excluding ortho intramolecular Hbond substituents is 1. The summed E-state index contributed by atoms with van der Waals surface area (Å²) in [7, 11) is 0. The first-order chi connectivity index (χ1) is 6.57. The highest BCUT2D eigenvalue weighted by Crippen LogP contribution is 2.28. The third kappa shape index (κ3) is 2.00. The van der Waals surface area contributed by atoms with Crippen LogP contribution < -0.4 is 5.73 Å². The van der Waals surface area contributed by atoms with E-state index >= 15 is 0 Å². The Morgan fingerprint density at radius 3 is 2.57 bits per heavy atom. The van der Waals surface area contributed by atoms with E-state index in [2.05, 4.69) is 0 Å². The molecule has 0 fully saturated rings. The van der Waals surface area contributed by atoms with Crippen LogP contribution in [0.25, 0.3) is 0 Å². The van der Waals surface area contributed by atoms with Gasteiger partial charge in [-0.05, 0) is 25.1 Å². The highest BCUT2D eigenvalue weighted by Gasteiger charge is 2.19. The molecule has 1 atom stereocenters. The van der Waals surface area contributed by atoms with E-state index in [0.717, 1.165) is 12.1 Å². The molecule has 4 N–H and O–H groups in total. The van der Waals surface area contributed by atoms with Crippen LogP contribution >= 0.6 is 0 Å². The maximum atomic E-state index is 13.1. The number of rotatable bonds is 3. The molecule has 0 aliphatic carbocycles. The molecule has 0 saturated heterocycles. The molecule has 0 radical (unpaired) electrons. The van der Waals surface area contributed by atoms with Crippen molar-refractivity contribution in [1.82, 2.24) is 0 Å². The van der Waals surface area contributed by atoms with Crippen LogP contribution in [-0.4, -0.2) is 16.8 Å². The van der Waals surface area contributed by atoms with Crippen LogP contribution in [0, 0.1) is 11.6 Å². The number of nitrogens with two attached hydrogens (primary N) is 1. The van der Waals surface area contributed by atoms with E-state index in [0.29, 0.717) is 0 Å². The fourth-order valence-corrected chi connectivity index (χ4v) is 1.17. The van der Waals surface area contributed by atoms with E-state index in [4.69, 9.17) is 10.8 Å². The summed E-state index contributed by atoms with van der Waals surface area (Å²) in [4.78, 5) is 0. The van der Waals surface area contributed by atoms with Gasteiger partial charge in [-0.3, -0.25) is 0 Å². The van der Waals surface area contributed by atoms with E-state index in [9.17, 15) is 13.9 Å². The van der Waals surface area contributed by atoms with Crippen molar-refractivity contribution in [2.45, 2.75) is 12.5 Å². The van der Waals surface area contributed by atoms with Crippen LogP contribution in [0.1, 0.15) is 18.1 Å². The Kier molecular flexibility index (Phi) is 3.38. The van der Waals surface area contributed by atoms with Crippen molar-refractivity contribution < 1.29 is 19.0 Å². The number of benzene rings is 1. The van der Waals surface area contributed by atoms with Gasteiger partial charge >= 0.3 is 0 Å². The Morgan fingerprint density at radius 1 is 1.36 bits per heavy atom. The molecule has 1 aromatic rings. The summed E-state index contributed by atoms with van der Waals surface area (Å²) in [5.41, 5.74) is 4.61. The molecule has 0 heterocycles. The summed E-state index contributed by atoms with van der Waals surface area (Å²) >= 11 is 0. The van der Waals surface area contributed by atoms with E-state index in [1.54, 1.807) is 0 Å². The second-order valence-corrected chi connectivity index (χ2v) is 2.89. The molecule has 78 valence electrons. The van der Waals surface area contributed by atoms with Crippen molar-refractivity contribution in [2.75, 3.05) is 6.54 Å². The average Bonchev–Trinajstić information content (AvgIpc) is 2.13. The SMILES string of the molecule is NCCC(O)c1c(F)ccc(O)c1F. The first kappa shape index (κ1) is 10.9. The summed E-state index contributed by atoms with van der Waals surface area (Å²) in [5.74, 6) is -2.70. The van der Waals surface area contributed by atoms with Crippen molar-refractivity contribution in [1.29, 1.82) is 0 Å². The smallest absolute Gasteiger partial charge is 0.173 e. The number of phenols is 1. The molecule has 0 amide bonds. The molecule has 0 saturated carbocycles. The zero-order valence-corrected chi connectivity index (χ0v) is 7.37. The number of hydrogen-bond acceptors (Lipinski definition) is 3. The van der Waals surface area contributed by atoms with Gasteiger partial charge in [0.25, 0.3) is 0 Å². The number of aromatic hydroxyl groups is 1. The number of aliphatic hydroxyl groups excluding tert-OH is 1. The lowest BCUT2D eigenvalue weighted by Gasteiger charge is -2.12. The van der Waals surface area contributed by atoms with Gasteiger partial charge in [-0.25, -0.2) is 8.78 Å². The zero-order chi connectivity index (χ0) is 10.7. The molecule has 5 heteroatoms. The Balaban J connectivity index is 3.11. The topological polar surface area (TPSA) is 66.5 Å². The van der Waals surface area contributed by atoms with E-state index in [-0.39, 0.29) is 13.0 Å². The average molecular weight is 203 g/mol. The minimum absolute atomic E-state index is 0.0390. The van der Waals surface area contributed by atoms with Crippen LogP contribution in [0.15, 0.2) is 12.1 Å². The van der Waals surface area contributed by atoms with Crippen molar-refractivity contribution in [2.24, 2.45) is 5.73 Å². The number of aliphatic hydroxyl groups is 1. The van der Waals surface area contributed by atoms with Crippen LogP contribution in [0.5, 0.6) is 5.75 Å². The standard InChI is InChI=1S/C9H11F2NO2/c10-5-1-2-7(14)9(11)8(5)6(13)3-4-12/h1-2,6,13-14H,3-4,12H2. The Labute approximate surface area is 79.8 Å². The predicted octanol–water partition coefficient (Wildman–Crippen LogP) is 1.05. The van der Waals surface area contributed by atoms with E-state index in [1.807, 2.05) is 0 Å². The Hall–Kier alpha value is -1.20. The molecule has 1 unspecified atom stereocenters. The number of hydrogen-bond donors (Lipinski definition) is 3. The molecule has 0 bridgehead atoms.